The maximum atomic E-state index is 12.3. The predicted octanol–water partition coefficient (Wildman–Crippen LogP) is 4.43. The van der Waals surface area contributed by atoms with Gasteiger partial charge in [0.2, 0.25) is 5.91 Å². The van der Waals surface area contributed by atoms with Gasteiger partial charge in [-0.2, -0.15) is 0 Å². The summed E-state index contributed by atoms with van der Waals surface area (Å²) in [5.41, 5.74) is 1.61. The summed E-state index contributed by atoms with van der Waals surface area (Å²) in [6, 6.07) is 9.13. The fourth-order valence-electron chi connectivity index (χ4n) is 2.63. The molecule has 0 spiro atoms. The minimum atomic E-state index is -0.202. The van der Waals surface area contributed by atoms with Crippen LogP contribution in [-0.2, 0) is 24.8 Å². The zero-order valence-electron chi connectivity index (χ0n) is 15.2. The van der Waals surface area contributed by atoms with Crippen molar-refractivity contribution in [1.82, 2.24) is 19.3 Å². The Hall–Kier alpha value is -2.22. The van der Waals surface area contributed by atoms with E-state index >= 15 is 0 Å². The molecule has 0 aliphatic carbocycles. The molecule has 0 saturated heterocycles. The second kappa shape index (κ2) is 9.32. The zero-order chi connectivity index (χ0) is 20.1. The van der Waals surface area contributed by atoms with Crippen LogP contribution in [0.2, 0.25) is 10.0 Å². The van der Waals surface area contributed by atoms with Crippen LogP contribution >= 0.6 is 35.0 Å². The number of aryl methyl sites for hydroxylation is 1. The Morgan fingerprint density at radius 2 is 2.11 bits per heavy atom. The van der Waals surface area contributed by atoms with Crippen LogP contribution < -0.4 is 5.32 Å². The molecule has 0 bridgehead atoms. The largest absolute Gasteiger partial charge is 0.354 e. The van der Waals surface area contributed by atoms with Crippen molar-refractivity contribution in [2.75, 3.05) is 11.1 Å². The van der Waals surface area contributed by atoms with Gasteiger partial charge in [0, 0.05) is 31.9 Å². The lowest BCUT2D eigenvalue weighted by Crippen LogP contribution is -2.15. The molecule has 0 atom stereocenters. The molecular formula is C19H19Cl2N5OS. The number of rotatable bonds is 8. The second-order valence-electron chi connectivity index (χ2n) is 6.02. The highest BCUT2D eigenvalue weighted by Crippen LogP contribution is 2.29. The van der Waals surface area contributed by atoms with Gasteiger partial charge in [-0.15, -0.1) is 16.8 Å². The standard InChI is InChI=1S/C19H19Cl2N5OS/c1-3-9-26-16(11-13-6-5-10-25(13)2)23-24-19(26)28-12-17(27)22-15-8-4-7-14(20)18(15)21/h3-8,10H,1,9,11-12H2,2H3,(H,22,27). The van der Waals surface area contributed by atoms with Crippen LogP contribution in [0.15, 0.2) is 54.3 Å². The van der Waals surface area contributed by atoms with E-state index in [9.17, 15) is 4.79 Å². The van der Waals surface area contributed by atoms with E-state index in [1.807, 2.05) is 34.5 Å². The Morgan fingerprint density at radius 3 is 2.82 bits per heavy atom. The minimum absolute atomic E-state index is 0.169. The third-order valence-corrected chi connectivity index (χ3v) is 5.84. The summed E-state index contributed by atoms with van der Waals surface area (Å²) in [6.07, 6.45) is 4.42. The van der Waals surface area contributed by atoms with E-state index in [0.29, 0.717) is 33.9 Å². The fourth-order valence-corrected chi connectivity index (χ4v) is 3.74. The molecule has 1 amide bonds. The summed E-state index contributed by atoms with van der Waals surface area (Å²) in [5, 5.41) is 12.7. The number of carbonyl (C=O) groups is 1. The van der Waals surface area contributed by atoms with Crippen molar-refractivity contribution in [3.8, 4) is 0 Å². The van der Waals surface area contributed by atoms with E-state index in [0.717, 1.165) is 11.5 Å². The van der Waals surface area contributed by atoms with Crippen LogP contribution in [-0.4, -0.2) is 31.0 Å². The quantitative estimate of drug-likeness (QED) is 0.419. The van der Waals surface area contributed by atoms with Gasteiger partial charge in [-0.1, -0.05) is 47.1 Å². The van der Waals surface area contributed by atoms with Gasteiger partial charge in [-0.25, -0.2) is 0 Å². The summed E-state index contributed by atoms with van der Waals surface area (Å²) in [4.78, 5) is 12.3. The number of carbonyl (C=O) groups excluding carboxylic acids is 1. The summed E-state index contributed by atoms with van der Waals surface area (Å²) < 4.78 is 4.01. The molecule has 0 unspecified atom stereocenters. The predicted molar refractivity (Wildman–Crippen MR) is 114 cm³/mol. The van der Waals surface area contributed by atoms with Gasteiger partial charge in [0.15, 0.2) is 5.16 Å². The first kappa shape index (κ1) is 20.5. The fraction of sp³-hybridized carbons (Fsp3) is 0.211. The first-order valence-electron chi connectivity index (χ1n) is 8.49. The van der Waals surface area contributed by atoms with E-state index in [1.165, 1.54) is 11.8 Å². The number of halogens is 2. The van der Waals surface area contributed by atoms with Gasteiger partial charge in [0.1, 0.15) is 5.82 Å². The molecule has 146 valence electrons. The number of benzene rings is 1. The summed E-state index contributed by atoms with van der Waals surface area (Å²) >= 11 is 13.4. The summed E-state index contributed by atoms with van der Waals surface area (Å²) in [7, 11) is 1.99. The van der Waals surface area contributed by atoms with E-state index in [4.69, 9.17) is 23.2 Å². The molecule has 2 aromatic heterocycles. The highest BCUT2D eigenvalue weighted by atomic mass is 35.5. The lowest BCUT2D eigenvalue weighted by molar-refractivity contribution is -0.113. The number of thioether (sulfide) groups is 1. The number of aromatic nitrogens is 4. The maximum Gasteiger partial charge on any atom is 0.234 e. The van der Waals surface area contributed by atoms with E-state index in [-0.39, 0.29) is 11.7 Å². The number of anilines is 1. The monoisotopic (exact) mass is 435 g/mol. The maximum absolute atomic E-state index is 12.3. The SMILES string of the molecule is C=CCn1c(Cc2cccn2C)nnc1SCC(=O)Nc1cccc(Cl)c1Cl. The van der Waals surface area contributed by atoms with Gasteiger partial charge in [0.05, 0.1) is 21.5 Å². The van der Waals surface area contributed by atoms with E-state index in [1.54, 1.807) is 24.3 Å². The molecule has 0 aliphatic heterocycles. The Balaban J connectivity index is 1.68. The molecular weight excluding hydrogens is 417 g/mol. The second-order valence-corrected chi connectivity index (χ2v) is 7.75. The van der Waals surface area contributed by atoms with Crippen molar-refractivity contribution in [2.24, 2.45) is 7.05 Å². The average molecular weight is 436 g/mol. The molecule has 1 aromatic carbocycles. The number of allylic oxidation sites excluding steroid dienone is 1. The van der Waals surface area contributed by atoms with Crippen LogP contribution in [0, 0.1) is 0 Å². The Bertz CT molecular complexity index is 998. The topological polar surface area (TPSA) is 64.7 Å². The van der Waals surface area contributed by atoms with Gasteiger partial charge in [-0.3, -0.25) is 4.79 Å². The number of hydrogen-bond acceptors (Lipinski definition) is 4. The number of hydrogen-bond donors (Lipinski definition) is 1. The third kappa shape index (κ3) is 4.79. The highest BCUT2D eigenvalue weighted by molar-refractivity contribution is 7.99. The van der Waals surface area contributed by atoms with E-state index in [2.05, 4.69) is 22.1 Å². The molecule has 0 fully saturated rings. The summed E-state index contributed by atoms with van der Waals surface area (Å²) in [6.45, 7) is 4.37. The van der Waals surface area contributed by atoms with Crippen molar-refractivity contribution in [3.63, 3.8) is 0 Å². The lowest BCUT2D eigenvalue weighted by Gasteiger charge is -2.09. The van der Waals surface area contributed by atoms with Gasteiger partial charge in [0.25, 0.3) is 0 Å². The Labute approximate surface area is 177 Å². The molecule has 0 radical (unpaired) electrons. The third-order valence-electron chi connectivity index (χ3n) is 4.05. The molecule has 6 nitrogen and oxygen atoms in total. The highest BCUT2D eigenvalue weighted by Gasteiger charge is 2.15. The van der Waals surface area contributed by atoms with E-state index < -0.39 is 0 Å². The zero-order valence-corrected chi connectivity index (χ0v) is 17.6. The Morgan fingerprint density at radius 1 is 1.29 bits per heavy atom. The van der Waals surface area contributed by atoms with Crippen molar-refractivity contribution >= 4 is 46.6 Å². The minimum Gasteiger partial charge on any atom is -0.354 e. The van der Waals surface area contributed by atoms with Crippen molar-refractivity contribution in [3.05, 3.63) is 70.7 Å². The van der Waals surface area contributed by atoms with Crippen molar-refractivity contribution in [2.45, 2.75) is 18.1 Å². The normalized spacial score (nSPS) is 10.8. The first-order valence-corrected chi connectivity index (χ1v) is 10.2. The molecule has 9 heteroatoms. The number of nitrogens with one attached hydrogen (secondary N) is 1. The molecule has 0 aliphatic rings. The van der Waals surface area contributed by atoms with Crippen LogP contribution in [0.25, 0.3) is 0 Å². The van der Waals surface area contributed by atoms with Gasteiger partial charge in [-0.05, 0) is 24.3 Å². The smallest absolute Gasteiger partial charge is 0.234 e. The Kier molecular flexibility index (Phi) is 6.83. The molecule has 3 rings (SSSR count). The number of nitrogens with zero attached hydrogens (tertiary/aromatic N) is 4. The number of amides is 1. The molecule has 2 heterocycles. The average Bonchev–Trinajstić information content (AvgIpc) is 3.25. The summed E-state index contributed by atoms with van der Waals surface area (Å²) in [5.74, 6) is 0.788. The van der Waals surface area contributed by atoms with Crippen LogP contribution in [0.4, 0.5) is 5.69 Å². The lowest BCUT2D eigenvalue weighted by atomic mass is 10.3. The molecule has 0 saturated carbocycles. The van der Waals surface area contributed by atoms with Crippen molar-refractivity contribution in [1.29, 1.82) is 0 Å². The van der Waals surface area contributed by atoms with Crippen molar-refractivity contribution < 1.29 is 4.79 Å². The van der Waals surface area contributed by atoms with Crippen LogP contribution in [0.3, 0.4) is 0 Å². The molecule has 3 aromatic rings. The van der Waals surface area contributed by atoms with Crippen LogP contribution in [0.1, 0.15) is 11.5 Å². The van der Waals surface area contributed by atoms with Gasteiger partial charge < -0.3 is 14.5 Å². The molecule has 28 heavy (non-hydrogen) atoms. The van der Waals surface area contributed by atoms with Gasteiger partial charge >= 0.3 is 0 Å². The molecule has 1 N–H and O–H groups in total. The van der Waals surface area contributed by atoms with Crippen LogP contribution in [0.5, 0.6) is 0 Å². The first-order chi connectivity index (χ1) is 13.5.